The molecular weight excluding hydrogens is 294 g/mol. The van der Waals surface area contributed by atoms with Crippen LogP contribution in [0, 0.1) is 0 Å². The third kappa shape index (κ3) is 5.20. The first-order valence-electron chi connectivity index (χ1n) is 8.17. The van der Waals surface area contributed by atoms with Crippen molar-refractivity contribution in [2.45, 2.75) is 71.7 Å². The van der Waals surface area contributed by atoms with E-state index in [2.05, 4.69) is 36.4 Å². The van der Waals surface area contributed by atoms with Gasteiger partial charge in [-0.05, 0) is 48.0 Å². The van der Waals surface area contributed by atoms with E-state index < -0.39 is 5.60 Å². The first kappa shape index (κ1) is 17.7. The predicted octanol–water partition coefficient (Wildman–Crippen LogP) is 2.13. The van der Waals surface area contributed by atoms with Gasteiger partial charge >= 0.3 is 6.09 Å². The van der Waals surface area contributed by atoms with Gasteiger partial charge < -0.3 is 15.0 Å². The first-order chi connectivity index (χ1) is 10.5. The minimum absolute atomic E-state index is 0.0634. The molecule has 23 heavy (non-hydrogen) atoms. The standard InChI is InChI=1S/C16H29N5O2/c1-15(2,3)21-11-13(18-19-21)9-17-12-7-8-20(10-12)14(22)23-16(4,5)6/h11-12,17H,7-10H2,1-6H3. The average Bonchev–Trinajstić information content (AvgIpc) is 3.03. The molecule has 0 spiro atoms. The van der Waals surface area contributed by atoms with E-state index in [-0.39, 0.29) is 17.7 Å². The highest BCUT2D eigenvalue weighted by molar-refractivity contribution is 5.68. The number of carbonyl (C=O) groups is 1. The molecule has 1 N–H and O–H groups in total. The van der Waals surface area contributed by atoms with Crippen molar-refractivity contribution >= 4 is 6.09 Å². The molecular formula is C16H29N5O2. The molecule has 1 unspecified atom stereocenters. The fraction of sp³-hybridized carbons (Fsp3) is 0.812. The topological polar surface area (TPSA) is 72.3 Å². The molecule has 1 amide bonds. The van der Waals surface area contributed by atoms with Gasteiger partial charge in [0.15, 0.2) is 0 Å². The van der Waals surface area contributed by atoms with Gasteiger partial charge in [0.05, 0.1) is 17.4 Å². The summed E-state index contributed by atoms with van der Waals surface area (Å²) in [5, 5.41) is 11.8. The highest BCUT2D eigenvalue weighted by Gasteiger charge is 2.29. The molecule has 130 valence electrons. The van der Waals surface area contributed by atoms with Gasteiger partial charge in [-0.25, -0.2) is 9.48 Å². The van der Waals surface area contributed by atoms with Crippen LogP contribution in [0.25, 0.3) is 0 Å². The summed E-state index contributed by atoms with van der Waals surface area (Å²) >= 11 is 0. The van der Waals surface area contributed by atoms with E-state index in [4.69, 9.17) is 4.74 Å². The molecule has 0 aliphatic carbocycles. The van der Waals surface area contributed by atoms with Gasteiger partial charge in [-0.15, -0.1) is 5.10 Å². The Morgan fingerprint density at radius 2 is 2.04 bits per heavy atom. The van der Waals surface area contributed by atoms with E-state index in [9.17, 15) is 4.79 Å². The van der Waals surface area contributed by atoms with Crippen molar-refractivity contribution in [1.82, 2.24) is 25.2 Å². The van der Waals surface area contributed by atoms with E-state index in [1.165, 1.54) is 0 Å². The number of aromatic nitrogens is 3. The third-order valence-corrected chi connectivity index (χ3v) is 3.64. The lowest BCUT2D eigenvalue weighted by Crippen LogP contribution is -2.38. The van der Waals surface area contributed by atoms with E-state index in [0.29, 0.717) is 13.1 Å². The van der Waals surface area contributed by atoms with Gasteiger partial charge in [0.2, 0.25) is 0 Å². The Hall–Kier alpha value is -1.63. The van der Waals surface area contributed by atoms with Crippen LogP contribution in [0.4, 0.5) is 4.79 Å². The zero-order valence-corrected chi connectivity index (χ0v) is 15.1. The molecule has 7 heteroatoms. The normalized spacial score (nSPS) is 19.2. The van der Waals surface area contributed by atoms with Crippen LogP contribution in [0.5, 0.6) is 0 Å². The summed E-state index contributed by atoms with van der Waals surface area (Å²) in [7, 11) is 0. The quantitative estimate of drug-likeness (QED) is 0.922. The Balaban J connectivity index is 1.80. The fourth-order valence-electron chi connectivity index (χ4n) is 2.38. The summed E-state index contributed by atoms with van der Waals surface area (Å²) in [6.45, 7) is 14.0. The molecule has 1 aromatic rings. The SMILES string of the molecule is CC(C)(C)OC(=O)N1CCC(NCc2cn(C(C)(C)C)nn2)C1. The van der Waals surface area contributed by atoms with Crippen LogP contribution in [0.1, 0.15) is 53.7 Å². The Bertz CT molecular complexity index is 541. The maximum Gasteiger partial charge on any atom is 0.410 e. The van der Waals surface area contributed by atoms with Gasteiger partial charge in [0.25, 0.3) is 0 Å². The molecule has 1 fully saturated rings. The highest BCUT2D eigenvalue weighted by Crippen LogP contribution is 2.16. The molecule has 0 bridgehead atoms. The Kier molecular flexibility index (Phi) is 4.98. The summed E-state index contributed by atoms with van der Waals surface area (Å²) in [4.78, 5) is 13.8. The number of hydrogen-bond donors (Lipinski definition) is 1. The van der Waals surface area contributed by atoms with Crippen LogP contribution in [0.2, 0.25) is 0 Å². The maximum absolute atomic E-state index is 12.0. The molecule has 2 rings (SSSR count). The van der Waals surface area contributed by atoms with Crippen molar-refractivity contribution in [3.05, 3.63) is 11.9 Å². The first-order valence-corrected chi connectivity index (χ1v) is 8.17. The van der Waals surface area contributed by atoms with Crippen molar-refractivity contribution in [1.29, 1.82) is 0 Å². The summed E-state index contributed by atoms with van der Waals surface area (Å²) < 4.78 is 7.27. The van der Waals surface area contributed by atoms with Gasteiger partial charge in [-0.1, -0.05) is 5.21 Å². The lowest BCUT2D eigenvalue weighted by atomic mass is 10.1. The monoisotopic (exact) mass is 323 g/mol. The third-order valence-electron chi connectivity index (χ3n) is 3.64. The fourth-order valence-corrected chi connectivity index (χ4v) is 2.38. The van der Waals surface area contributed by atoms with Crippen molar-refractivity contribution in [3.63, 3.8) is 0 Å². The van der Waals surface area contributed by atoms with Gasteiger partial charge in [-0.2, -0.15) is 0 Å². The Morgan fingerprint density at radius 1 is 1.35 bits per heavy atom. The molecule has 1 saturated heterocycles. The van der Waals surface area contributed by atoms with Crippen LogP contribution in [-0.4, -0.2) is 50.7 Å². The zero-order valence-electron chi connectivity index (χ0n) is 15.1. The Labute approximate surface area is 138 Å². The van der Waals surface area contributed by atoms with Gasteiger partial charge in [0, 0.05) is 25.7 Å². The number of amides is 1. The zero-order chi connectivity index (χ0) is 17.3. The van der Waals surface area contributed by atoms with E-state index >= 15 is 0 Å². The van der Waals surface area contributed by atoms with Crippen molar-refractivity contribution < 1.29 is 9.53 Å². The number of ether oxygens (including phenoxy) is 1. The molecule has 0 aromatic carbocycles. The minimum atomic E-state index is -0.450. The van der Waals surface area contributed by atoms with Gasteiger partial charge in [-0.3, -0.25) is 0 Å². The highest BCUT2D eigenvalue weighted by atomic mass is 16.6. The van der Waals surface area contributed by atoms with Crippen LogP contribution in [0.15, 0.2) is 6.20 Å². The van der Waals surface area contributed by atoms with E-state index in [0.717, 1.165) is 18.7 Å². The second-order valence-corrected chi connectivity index (χ2v) is 8.12. The molecule has 7 nitrogen and oxygen atoms in total. The van der Waals surface area contributed by atoms with Gasteiger partial charge in [0.1, 0.15) is 5.60 Å². The second kappa shape index (κ2) is 6.47. The molecule has 2 heterocycles. The number of carbonyl (C=O) groups excluding carboxylic acids is 1. The average molecular weight is 323 g/mol. The Morgan fingerprint density at radius 3 is 2.61 bits per heavy atom. The molecule has 1 atom stereocenters. The summed E-state index contributed by atoms with van der Waals surface area (Å²) in [6.07, 6.45) is 2.65. The lowest BCUT2D eigenvalue weighted by molar-refractivity contribution is 0.0291. The van der Waals surface area contributed by atoms with E-state index in [1.54, 1.807) is 4.90 Å². The molecule has 1 aliphatic heterocycles. The van der Waals surface area contributed by atoms with Crippen LogP contribution >= 0.6 is 0 Å². The lowest BCUT2D eigenvalue weighted by Gasteiger charge is -2.24. The number of rotatable bonds is 3. The number of nitrogens with zero attached hydrogens (tertiary/aromatic N) is 4. The van der Waals surface area contributed by atoms with Crippen molar-refractivity contribution in [2.24, 2.45) is 0 Å². The number of nitrogens with one attached hydrogen (secondary N) is 1. The molecule has 0 saturated carbocycles. The molecule has 1 aromatic heterocycles. The minimum Gasteiger partial charge on any atom is -0.444 e. The second-order valence-electron chi connectivity index (χ2n) is 8.12. The largest absolute Gasteiger partial charge is 0.444 e. The van der Waals surface area contributed by atoms with Crippen LogP contribution in [0.3, 0.4) is 0 Å². The molecule has 0 radical (unpaired) electrons. The smallest absolute Gasteiger partial charge is 0.410 e. The van der Waals surface area contributed by atoms with Crippen molar-refractivity contribution in [2.75, 3.05) is 13.1 Å². The summed E-state index contributed by atoms with van der Waals surface area (Å²) in [5.74, 6) is 0. The van der Waals surface area contributed by atoms with Crippen LogP contribution < -0.4 is 5.32 Å². The summed E-state index contributed by atoms with van der Waals surface area (Å²) in [6, 6.07) is 0.266. The predicted molar refractivity (Wildman–Crippen MR) is 88.1 cm³/mol. The van der Waals surface area contributed by atoms with Crippen LogP contribution in [-0.2, 0) is 16.8 Å². The molecule has 1 aliphatic rings. The summed E-state index contributed by atoms with van der Waals surface area (Å²) in [5.41, 5.74) is 0.399. The maximum atomic E-state index is 12.0. The van der Waals surface area contributed by atoms with E-state index in [1.807, 2.05) is 31.6 Å². The number of hydrogen-bond acceptors (Lipinski definition) is 5. The van der Waals surface area contributed by atoms with Crippen molar-refractivity contribution in [3.8, 4) is 0 Å². The number of likely N-dealkylation sites (tertiary alicyclic amines) is 1.